The Morgan fingerprint density at radius 2 is 2.15 bits per heavy atom. The molecule has 2 aromatic rings. The van der Waals surface area contributed by atoms with Crippen molar-refractivity contribution in [3.8, 4) is 5.75 Å². The molecule has 0 saturated carbocycles. The number of aliphatic carboxylic acids is 1. The molecule has 0 saturated heterocycles. The van der Waals surface area contributed by atoms with E-state index in [-0.39, 0.29) is 6.42 Å². The fraction of sp³-hybridized carbons (Fsp3) is 0.286. The Morgan fingerprint density at radius 1 is 1.40 bits per heavy atom. The molecule has 2 N–H and O–H groups in total. The number of hydrogen-bond donors (Lipinski definition) is 2. The maximum Gasteiger partial charge on any atom is 0.309 e. The molecule has 0 radical (unpaired) electrons. The fourth-order valence-electron chi connectivity index (χ4n) is 1.59. The minimum atomic E-state index is -0.871. The number of benzene rings is 1. The molecule has 0 aliphatic heterocycles. The zero-order valence-electron chi connectivity index (χ0n) is 11.1. The minimum Gasteiger partial charge on any atom is -0.492 e. The first kappa shape index (κ1) is 14.3. The lowest BCUT2D eigenvalue weighted by atomic mass is 10.2. The monoisotopic (exact) mass is 292 g/mol. The van der Waals surface area contributed by atoms with Crippen LogP contribution in [-0.2, 0) is 11.2 Å². The molecule has 0 aliphatic carbocycles. The van der Waals surface area contributed by atoms with Crippen molar-refractivity contribution in [1.29, 1.82) is 0 Å². The van der Waals surface area contributed by atoms with Crippen molar-refractivity contribution >= 4 is 22.4 Å². The second-order valence-corrected chi connectivity index (χ2v) is 5.16. The summed E-state index contributed by atoms with van der Waals surface area (Å²) in [7, 11) is 0. The van der Waals surface area contributed by atoms with Crippen molar-refractivity contribution < 1.29 is 14.6 Å². The predicted molar refractivity (Wildman–Crippen MR) is 78.6 cm³/mol. The third-order valence-electron chi connectivity index (χ3n) is 2.55. The third kappa shape index (κ3) is 4.55. The SMILES string of the molecule is Cc1ccc(OCCNc2nc(CC(=O)O)cs2)cc1. The van der Waals surface area contributed by atoms with Gasteiger partial charge in [-0.25, -0.2) is 4.98 Å². The molecule has 0 bridgehead atoms. The van der Waals surface area contributed by atoms with Gasteiger partial charge in [-0.1, -0.05) is 17.7 Å². The van der Waals surface area contributed by atoms with Gasteiger partial charge in [0.15, 0.2) is 5.13 Å². The second kappa shape index (κ2) is 6.91. The van der Waals surface area contributed by atoms with Gasteiger partial charge in [-0.15, -0.1) is 11.3 Å². The highest BCUT2D eigenvalue weighted by Crippen LogP contribution is 2.16. The highest BCUT2D eigenvalue weighted by Gasteiger charge is 2.05. The zero-order chi connectivity index (χ0) is 14.4. The number of carboxylic acid groups (broad SMARTS) is 1. The van der Waals surface area contributed by atoms with Crippen molar-refractivity contribution in [2.45, 2.75) is 13.3 Å². The lowest BCUT2D eigenvalue weighted by Crippen LogP contribution is -2.11. The van der Waals surface area contributed by atoms with Crippen molar-refractivity contribution in [2.24, 2.45) is 0 Å². The molecule has 0 fully saturated rings. The first-order valence-corrected chi connectivity index (χ1v) is 7.11. The molecule has 1 aromatic carbocycles. The van der Waals surface area contributed by atoms with E-state index >= 15 is 0 Å². The molecule has 0 spiro atoms. The number of carbonyl (C=O) groups is 1. The zero-order valence-corrected chi connectivity index (χ0v) is 11.9. The Morgan fingerprint density at radius 3 is 2.85 bits per heavy atom. The average molecular weight is 292 g/mol. The molecule has 0 aliphatic rings. The summed E-state index contributed by atoms with van der Waals surface area (Å²) in [4.78, 5) is 14.7. The van der Waals surface area contributed by atoms with Crippen LogP contribution in [0.3, 0.4) is 0 Å². The number of nitrogens with one attached hydrogen (secondary N) is 1. The number of ether oxygens (including phenoxy) is 1. The number of aryl methyl sites for hydroxylation is 1. The molecular weight excluding hydrogens is 276 g/mol. The Hall–Kier alpha value is -2.08. The molecule has 1 heterocycles. The first-order valence-electron chi connectivity index (χ1n) is 6.23. The van der Waals surface area contributed by atoms with Crippen molar-refractivity contribution in [1.82, 2.24) is 4.98 Å². The molecule has 5 nitrogen and oxygen atoms in total. The van der Waals surface area contributed by atoms with Crippen molar-refractivity contribution in [2.75, 3.05) is 18.5 Å². The molecule has 1 aromatic heterocycles. The van der Waals surface area contributed by atoms with E-state index in [9.17, 15) is 4.79 Å². The van der Waals surface area contributed by atoms with E-state index in [4.69, 9.17) is 9.84 Å². The summed E-state index contributed by atoms with van der Waals surface area (Å²) in [6, 6.07) is 7.87. The normalized spacial score (nSPS) is 10.2. The number of carboxylic acids is 1. The molecule has 20 heavy (non-hydrogen) atoms. The summed E-state index contributed by atoms with van der Waals surface area (Å²) >= 11 is 1.40. The van der Waals surface area contributed by atoms with E-state index in [1.807, 2.05) is 31.2 Å². The van der Waals surface area contributed by atoms with E-state index in [0.717, 1.165) is 5.75 Å². The molecule has 0 amide bonds. The molecule has 6 heteroatoms. The van der Waals surface area contributed by atoms with Gasteiger partial charge in [0, 0.05) is 5.38 Å². The van der Waals surface area contributed by atoms with Gasteiger partial charge in [-0.2, -0.15) is 0 Å². The standard InChI is InChI=1S/C14H16N2O3S/c1-10-2-4-12(5-3-10)19-7-6-15-14-16-11(9-20-14)8-13(17)18/h2-5,9H,6-8H2,1H3,(H,15,16)(H,17,18). The molecular formula is C14H16N2O3S. The summed E-state index contributed by atoms with van der Waals surface area (Å²) in [5.41, 5.74) is 1.77. The topological polar surface area (TPSA) is 71.5 Å². The summed E-state index contributed by atoms with van der Waals surface area (Å²) in [5.74, 6) is -0.0346. The lowest BCUT2D eigenvalue weighted by Gasteiger charge is -2.06. The lowest BCUT2D eigenvalue weighted by molar-refractivity contribution is -0.136. The van der Waals surface area contributed by atoms with Crippen LogP contribution in [0.25, 0.3) is 0 Å². The minimum absolute atomic E-state index is 0.0436. The Labute approximate surface area is 121 Å². The summed E-state index contributed by atoms with van der Waals surface area (Å²) in [6.45, 7) is 3.17. The molecule has 2 rings (SSSR count). The van der Waals surface area contributed by atoms with Gasteiger partial charge in [0.1, 0.15) is 12.4 Å². The number of hydrogen-bond acceptors (Lipinski definition) is 5. The predicted octanol–water partition coefficient (Wildman–Crippen LogP) is 2.57. The maximum absolute atomic E-state index is 10.5. The summed E-state index contributed by atoms with van der Waals surface area (Å²) in [6.07, 6.45) is -0.0436. The van der Waals surface area contributed by atoms with Crippen LogP contribution in [0, 0.1) is 6.92 Å². The second-order valence-electron chi connectivity index (χ2n) is 4.30. The average Bonchev–Trinajstić information content (AvgIpc) is 2.83. The van der Waals surface area contributed by atoms with Crippen LogP contribution in [0.15, 0.2) is 29.6 Å². The van der Waals surface area contributed by atoms with Crippen LogP contribution in [0.2, 0.25) is 0 Å². The third-order valence-corrected chi connectivity index (χ3v) is 3.40. The number of thiazole rings is 1. The van der Waals surface area contributed by atoms with Crippen LogP contribution in [-0.4, -0.2) is 29.2 Å². The quantitative estimate of drug-likeness (QED) is 0.767. The van der Waals surface area contributed by atoms with Crippen LogP contribution in [0.1, 0.15) is 11.3 Å². The molecule has 0 atom stereocenters. The maximum atomic E-state index is 10.5. The Balaban J connectivity index is 1.71. The van der Waals surface area contributed by atoms with Gasteiger partial charge in [0.05, 0.1) is 18.7 Å². The van der Waals surface area contributed by atoms with Gasteiger partial charge < -0.3 is 15.2 Å². The van der Waals surface area contributed by atoms with E-state index < -0.39 is 5.97 Å². The highest BCUT2D eigenvalue weighted by atomic mass is 32.1. The van der Waals surface area contributed by atoms with Gasteiger partial charge in [-0.3, -0.25) is 4.79 Å². The number of aromatic nitrogens is 1. The van der Waals surface area contributed by atoms with Crippen LogP contribution >= 0.6 is 11.3 Å². The van der Waals surface area contributed by atoms with Crippen molar-refractivity contribution in [3.05, 3.63) is 40.9 Å². The number of rotatable bonds is 7. The number of anilines is 1. The smallest absolute Gasteiger partial charge is 0.309 e. The summed E-state index contributed by atoms with van der Waals surface area (Å²) < 4.78 is 5.57. The van der Waals surface area contributed by atoms with E-state index in [2.05, 4.69) is 10.3 Å². The molecule has 106 valence electrons. The van der Waals surface area contributed by atoms with Gasteiger partial charge in [-0.05, 0) is 19.1 Å². The van der Waals surface area contributed by atoms with Crippen LogP contribution in [0.4, 0.5) is 5.13 Å². The summed E-state index contributed by atoms with van der Waals surface area (Å²) in [5, 5.41) is 14.2. The van der Waals surface area contributed by atoms with Gasteiger partial charge >= 0.3 is 5.97 Å². The van der Waals surface area contributed by atoms with Crippen molar-refractivity contribution in [3.63, 3.8) is 0 Å². The highest BCUT2D eigenvalue weighted by molar-refractivity contribution is 7.13. The van der Waals surface area contributed by atoms with E-state index in [0.29, 0.717) is 24.0 Å². The molecule has 0 unspecified atom stereocenters. The fourth-order valence-corrected chi connectivity index (χ4v) is 2.32. The van der Waals surface area contributed by atoms with Gasteiger partial charge in [0.25, 0.3) is 0 Å². The van der Waals surface area contributed by atoms with Gasteiger partial charge in [0.2, 0.25) is 0 Å². The first-order chi connectivity index (χ1) is 9.63. The van der Waals surface area contributed by atoms with E-state index in [1.165, 1.54) is 16.9 Å². The largest absolute Gasteiger partial charge is 0.492 e. The van der Waals surface area contributed by atoms with Crippen LogP contribution < -0.4 is 10.1 Å². The number of nitrogens with zero attached hydrogens (tertiary/aromatic N) is 1. The Bertz CT molecular complexity index is 566. The Kier molecular flexibility index (Phi) is 4.95. The van der Waals surface area contributed by atoms with E-state index in [1.54, 1.807) is 5.38 Å². The van der Waals surface area contributed by atoms with Crippen LogP contribution in [0.5, 0.6) is 5.75 Å².